The highest BCUT2D eigenvalue weighted by molar-refractivity contribution is 6.03. The largest absolute Gasteiger partial charge is 0.411 e. The van der Waals surface area contributed by atoms with Crippen molar-refractivity contribution in [3.63, 3.8) is 0 Å². The van der Waals surface area contributed by atoms with E-state index in [-0.39, 0.29) is 11.0 Å². The Hall–Kier alpha value is -3.48. The fourth-order valence-corrected chi connectivity index (χ4v) is 3.74. The molecule has 0 amide bonds. The van der Waals surface area contributed by atoms with Gasteiger partial charge in [-0.15, -0.1) is 0 Å². The van der Waals surface area contributed by atoms with Crippen molar-refractivity contribution in [2.24, 2.45) is 10.6 Å². The fraction of sp³-hybridized carbons (Fsp3) is 0.273. The highest BCUT2D eigenvalue weighted by Gasteiger charge is 2.33. The van der Waals surface area contributed by atoms with Crippen LogP contribution in [0.1, 0.15) is 19.4 Å². The van der Waals surface area contributed by atoms with Gasteiger partial charge < -0.3 is 10.1 Å². The van der Waals surface area contributed by atoms with Crippen LogP contribution >= 0.6 is 0 Å². The number of oxime groups is 1. The second kappa shape index (κ2) is 7.50. The van der Waals surface area contributed by atoms with Gasteiger partial charge in [0.1, 0.15) is 5.71 Å². The molecular weight excluding hydrogens is 366 g/mol. The van der Waals surface area contributed by atoms with Gasteiger partial charge in [-0.3, -0.25) is 14.3 Å². The number of aromatic nitrogens is 3. The molecule has 0 spiro atoms. The van der Waals surface area contributed by atoms with Gasteiger partial charge in [0.05, 0.1) is 12.2 Å². The van der Waals surface area contributed by atoms with Crippen molar-refractivity contribution in [1.29, 1.82) is 0 Å². The molecule has 0 unspecified atom stereocenters. The maximum absolute atomic E-state index is 12.9. The second-order valence-corrected chi connectivity index (χ2v) is 8.03. The normalized spacial score (nSPS) is 15.8. The maximum Gasteiger partial charge on any atom is 0.255 e. The molecule has 7 heteroatoms. The quantitative estimate of drug-likeness (QED) is 0.421. The molecule has 2 aromatic heterocycles. The van der Waals surface area contributed by atoms with E-state index in [1.165, 1.54) is 0 Å². The minimum absolute atomic E-state index is 0.0956. The zero-order valence-corrected chi connectivity index (χ0v) is 16.5. The smallest absolute Gasteiger partial charge is 0.255 e. The first-order valence-corrected chi connectivity index (χ1v) is 9.50. The Morgan fingerprint density at radius 3 is 2.55 bits per heavy atom. The number of benzene rings is 1. The molecule has 1 N–H and O–H groups in total. The van der Waals surface area contributed by atoms with E-state index in [1.54, 1.807) is 23.0 Å². The van der Waals surface area contributed by atoms with Crippen LogP contribution < -0.4 is 10.5 Å². The SMILES string of the molecule is CC1(C)CN(CC(=NO)c2ccccc2)c2nc(-c3ccncc3)cc(=O)n2C1. The number of hydrogen-bond donors (Lipinski definition) is 1. The minimum Gasteiger partial charge on any atom is -0.411 e. The van der Waals surface area contributed by atoms with E-state index in [1.807, 2.05) is 47.4 Å². The highest BCUT2D eigenvalue weighted by Crippen LogP contribution is 2.30. The molecule has 1 aliphatic heterocycles. The lowest BCUT2D eigenvalue weighted by Crippen LogP contribution is -2.49. The molecule has 3 aromatic rings. The van der Waals surface area contributed by atoms with E-state index in [2.05, 4.69) is 24.0 Å². The third-order valence-electron chi connectivity index (χ3n) is 5.02. The molecule has 0 saturated carbocycles. The van der Waals surface area contributed by atoms with Gasteiger partial charge in [0.2, 0.25) is 5.95 Å². The summed E-state index contributed by atoms with van der Waals surface area (Å²) in [6.45, 7) is 5.84. The monoisotopic (exact) mass is 389 g/mol. The van der Waals surface area contributed by atoms with E-state index in [9.17, 15) is 10.0 Å². The van der Waals surface area contributed by atoms with E-state index in [0.29, 0.717) is 37.0 Å². The van der Waals surface area contributed by atoms with Crippen LogP contribution in [0, 0.1) is 5.41 Å². The topological polar surface area (TPSA) is 83.6 Å². The van der Waals surface area contributed by atoms with Crippen LogP contribution in [0.25, 0.3) is 11.3 Å². The zero-order valence-electron chi connectivity index (χ0n) is 16.5. The Labute approximate surface area is 169 Å². The predicted molar refractivity (Wildman–Crippen MR) is 112 cm³/mol. The lowest BCUT2D eigenvalue weighted by Gasteiger charge is -2.40. The maximum atomic E-state index is 12.9. The lowest BCUT2D eigenvalue weighted by molar-refractivity contribution is 0.277. The molecule has 7 nitrogen and oxygen atoms in total. The van der Waals surface area contributed by atoms with Crippen LogP contribution in [0.3, 0.4) is 0 Å². The molecule has 0 aliphatic carbocycles. The van der Waals surface area contributed by atoms with Crippen molar-refractivity contribution in [3.05, 3.63) is 76.8 Å². The van der Waals surface area contributed by atoms with E-state index >= 15 is 0 Å². The molecule has 0 radical (unpaired) electrons. The summed E-state index contributed by atoms with van der Waals surface area (Å²) in [4.78, 5) is 23.8. The van der Waals surface area contributed by atoms with Crippen LogP contribution in [0.5, 0.6) is 0 Å². The molecule has 4 rings (SSSR count). The molecule has 0 bridgehead atoms. The van der Waals surface area contributed by atoms with Gasteiger partial charge in [0, 0.05) is 48.1 Å². The molecular formula is C22H23N5O2. The number of nitrogens with zero attached hydrogens (tertiary/aromatic N) is 5. The predicted octanol–water partition coefficient (Wildman–Crippen LogP) is 3.03. The standard InChI is InChI=1S/C22H23N5O2/c1-22(2)14-26(13-19(25-29)16-6-4-3-5-7-16)21-24-18(12-20(28)27(21)15-22)17-8-10-23-11-9-17/h3-12,29H,13-15H2,1-2H3. The summed E-state index contributed by atoms with van der Waals surface area (Å²) in [6.07, 6.45) is 3.36. The van der Waals surface area contributed by atoms with Gasteiger partial charge in [0.25, 0.3) is 5.56 Å². The number of pyridine rings is 1. The second-order valence-electron chi connectivity index (χ2n) is 8.03. The van der Waals surface area contributed by atoms with Gasteiger partial charge in [-0.05, 0) is 12.1 Å². The summed E-state index contributed by atoms with van der Waals surface area (Å²) < 4.78 is 1.70. The summed E-state index contributed by atoms with van der Waals surface area (Å²) >= 11 is 0. The first-order chi connectivity index (χ1) is 14.0. The van der Waals surface area contributed by atoms with Crippen molar-refractivity contribution in [2.75, 3.05) is 18.0 Å². The third kappa shape index (κ3) is 3.89. The molecule has 0 saturated heterocycles. The van der Waals surface area contributed by atoms with Crippen LogP contribution in [0.15, 0.2) is 70.9 Å². The van der Waals surface area contributed by atoms with E-state index in [0.717, 1.165) is 11.1 Å². The van der Waals surface area contributed by atoms with Crippen LogP contribution in [0.2, 0.25) is 0 Å². The van der Waals surface area contributed by atoms with Crippen molar-refractivity contribution >= 4 is 11.7 Å². The number of anilines is 1. The van der Waals surface area contributed by atoms with Crippen molar-refractivity contribution in [2.45, 2.75) is 20.4 Å². The van der Waals surface area contributed by atoms with Gasteiger partial charge in [-0.1, -0.05) is 49.3 Å². The number of rotatable bonds is 4. The molecule has 1 aliphatic rings. The van der Waals surface area contributed by atoms with Gasteiger partial charge in [-0.25, -0.2) is 4.98 Å². The zero-order chi connectivity index (χ0) is 20.4. The van der Waals surface area contributed by atoms with Crippen molar-refractivity contribution < 1.29 is 5.21 Å². The Kier molecular flexibility index (Phi) is 4.88. The highest BCUT2D eigenvalue weighted by atomic mass is 16.4. The van der Waals surface area contributed by atoms with Gasteiger partial charge in [-0.2, -0.15) is 0 Å². The van der Waals surface area contributed by atoms with E-state index in [4.69, 9.17) is 4.98 Å². The molecule has 3 heterocycles. The van der Waals surface area contributed by atoms with Crippen LogP contribution in [0.4, 0.5) is 5.95 Å². The molecule has 1 aromatic carbocycles. The Bertz CT molecular complexity index is 1090. The number of fused-ring (bicyclic) bond motifs is 1. The summed E-state index contributed by atoms with van der Waals surface area (Å²) in [5.74, 6) is 0.584. The van der Waals surface area contributed by atoms with Crippen LogP contribution in [-0.2, 0) is 6.54 Å². The van der Waals surface area contributed by atoms with Gasteiger partial charge in [0.15, 0.2) is 0 Å². The Morgan fingerprint density at radius 1 is 1.14 bits per heavy atom. The molecule has 148 valence electrons. The third-order valence-corrected chi connectivity index (χ3v) is 5.02. The van der Waals surface area contributed by atoms with Crippen molar-refractivity contribution in [1.82, 2.24) is 14.5 Å². The molecule has 29 heavy (non-hydrogen) atoms. The summed E-state index contributed by atoms with van der Waals surface area (Å²) in [7, 11) is 0. The Morgan fingerprint density at radius 2 is 1.86 bits per heavy atom. The fourth-order valence-electron chi connectivity index (χ4n) is 3.74. The first-order valence-electron chi connectivity index (χ1n) is 9.50. The average Bonchev–Trinajstić information content (AvgIpc) is 2.73. The van der Waals surface area contributed by atoms with Gasteiger partial charge >= 0.3 is 0 Å². The van der Waals surface area contributed by atoms with E-state index < -0.39 is 0 Å². The summed E-state index contributed by atoms with van der Waals surface area (Å²) in [5, 5.41) is 13.2. The number of hydrogen-bond acceptors (Lipinski definition) is 6. The van der Waals surface area contributed by atoms with Crippen LogP contribution in [-0.4, -0.2) is 38.5 Å². The first kappa shape index (κ1) is 18.9. The lowest BCUT2D eigenvalue weighted by atomic mass is 9.90. The average molecular weight is 389 g/mol. The molecule has 0 fully saturated rings. The Balaban J connectivity index is 1.78. The van der Waals surface area contributed by atoms with Crippen molar-refractivity contribution in [3.8, 4) is 11.3 Å². The summed E-state index contributed by atoms with van der Waals surface area (Å²) in [5.41, 5.74) is 2.58. The summed E-state index contributed by atoms with van der Waals surface area (Å²) in [6, 6.07) is 14.8. The molecule has 0 atom stereocenters. The minimum atomic E-state index is -0.131.